The quantitative estimate of drug-likeness (QED) is 0.442. The number of amides is 2. The Kier molecular flexibility index (Phi) is 8.47. The van der Waals surface area contributed by atoms with Crippen molar-refractivity contribution in [3.63, 3.8) is 0 Å². The van der Waals surface area contributed by atoms with E-state index < -0.39 is 11.5 Å². The number of ether oxygens (including phenoxy) is 1. The van der Waals surface area contributed by atoms with Crippen LogP contribution in [0.5, 0.6) is 0 Å². The van der Waals surface area contributed by atoms with Gasteiger partial charge in [-0.25, -0.2) is 4.98 Å². The molecule has 35 heavy (non-hydrogen) atoms. The molecule has 1 aromatic heterocycles. The number of aryl methyl sites for hydroxylation is 1. The van der Waals surface area contributed by atoms with E-state index in [1.807, 2.05) is 32.0 Å². The molecule has 0 saturated heterocycles. The highest BCUT2D eigenvalue weighted by molar-refractivity contribution is 5.94. The van der Waals surface area contributed by atoms with Gasteiger partial charge in [-0.1, -0.05) is 44.6 Å². The number of rotatable bonds is 11. The van der Waals surface area contributed by atoms with E-state index >= 15 is 0 Å². The third-order valence-corrected chi connectivity index (χ3v) is 8.16. The SMILES string of the molecule is CCNC(=O)C(NC(=O)C(C)(COC)c1ccc2[nH]c(CCC3CCCCC3)nc2c1)C1CCC1. The Balaban J connectivity index is 1.51. The van der Waals surface area contributed by atoms with Crippen molar-refractivity contribution >= 4 is 22.8 Å². The Bertz CT molecular complexity index is 1010. The summed E-state index contributed by atoms with van der Waals surface area (Å²) in [4.78, 5) is 34.7. The van der Waals surface area contributed by atoms with Crippen LogP contribution >= 0.6 is 0 Å². The molecule has 4 rings (SSSR count). The van der Waals surface area contributed by atoms with Gasteiger partial charge in [0.2, 0.25) is 11.8 Å². The number of benzene rings is 1. The van der Waals surface area contributed by atoms with Crippen LogP contribution in [0.25, 0.3) is 11.0 Å². The van der Waals surface area contributed by atoms with Crippen LogP contribution in [0.3, 0.4) is 0 Å². The second-order valence-corrected chi connectivity index (χ2v) is 10.8. The Morgan fingerprint density at radius 2 is 1.94 bits per heavy atom. The van der Waals surface area contributed by atoms with Crippen molar-refractivity contribution in [2.75, 3.05) is 20.3 Å². The zero-order valence-electron chi connectivity index (χ0n) is 21.6. The van der Waals surface area contributed by atoms with Gasteiger partial charge in [0.15, 0.2) is 0 Å². The lowest BCUT2D eigenvalue weighted by atomic mass is 9.77. The van der Waals surface area contributed by atoms with Crippen LogP contribution in [-0.4, -0.2) is 48.1 Å². The van der Waals surface area contributed by atoms with Gasteiger partial charge in [-0.2, -0.15) is 0 Å². The van der Waals surface area contributed by atoms with Crippen molar-refractivity contribution in [1.29, 1.82) is 0 Å². The van der Waals surface area contributed by atoms with Crippen molar-refractivity contribution in [3.05, 3.63) is 29.6 Å². The van der Waals surface area contributed by atoms with Gasteiger partial charge in [0, 0.05) is 20.1 Å². The summed E-state index contributed by atoms with van der Waals surface area (Å²) < 4.78 is 5.51. The van der Waals surface area contributed by atoms with Crippen molar-refractivity contribution in [2.45, 2.75) is 89.5 Å². The lowest BCUT2D eigenvalue weighted by Crippen LogP contribution is -2.57. The van der Waals surface area contributed by atoms with E-state index in [1.54, 1.807) is 7.11 Å². The molecule has 0 aliphatic heterocycles. The summed E-state index contributed by atoms with van der Waals surface area (Å²) >= 11 is 0. The van der Waals surface area contributed by atoms with Crippen LogP contribution in [-0.2, 0) is 26.2 Å². The Hall–Kier alpha value is -2.41. The number of likely N-dealkylation sites (N-methyl/N-ethyl adjacent to an activating group) is 1. The maximum Gasteiger partial charge on any atom is 0.242 e. The molecule has 0 spiro atoms. The van der Waals surface area contributed by atoms with Crippen LogP contribution in [0.4, 0.5) is 0 Å². The predicted octanol–water partition coefficient (Wildman–Crippen LogP) is 4.40. The molecule has 3 N–H and O–H groups in total. The van der Waals surface area contributed by atoms with Gasteiger partial charge >= 0.3 is 0 Å². The van der Waals surface area contributed by atoms with E-state index in [0.717, 1.165) is 54.0 Å². The number of methoxy groups -OCH3 is 1. The summed E-state index contributed by atoms with van der Waals surface area (Å²) in [7, 11) is 1.61. The number of aromatic amines is 1. The number of imidazole rings is 1. The first kappa shape index (κ1) is 25.7. The first-order valence-electron chi connectivity index (χ1n) is 13.5. The van der Waals surface area contributed by atoms with Crippen LogP contribution in [0.15, 0.2) is 18.2 Å². The van der Waals surface area contributed by atoms with Gasteiger partial charge in [0.05, 0.1) is 23.1 Å². The van der Waals surface area contributed by atoms with Gasteiger partial charge < -0.3 is 20.4 Å². The third-order valence-electron chi connectivity index (χ3n) is 8.16. The summed E-state index contributed by atoms with van der Waals surface area (Å²) in [5.41, 5.74) is 1.77. The molecule has 2 saturated carbocycles. The van der Waals surface area contributed by atoms with Gasteiger partial charge in [-0.15, -0.1) is 0 Å². The smallest absolute Gasteiger partial charge is 0.242 e. The fraction of sp³-hybridized carbons (Fsp3) is 0.679. The maximum absolute atomic E-state index is 13.6. The Labute approximate surface area is 209 Å². The fourth-order valence-corrected chi connectivity index (χ4v) is 5.66. The normalized spacial score (nSPS) is 19.6. The van der Waals surface area contributed by atoms with Crippen molar-refractivity contribution < 1.29 is 14.3 Å². The molecule has 2 amide bonds. The topological polar surface area (TPSA) is 96.1 Å². The minimum atomic E-state index is -0.932. The molecule has 7 nitrogen and oxygen atoms in total. The van der Waals surface area contributed by atoms with Crippen molar-refractivity contribution in [1.82, 2.24) is 20.6 Å². The van der Waals surface area contributed by atoms with Crippen molar-refractivity contribution in [3.8, 4) is 0 Å². The molecule has 0 radical (unpaired) electrons. The van der Waals surface area contributed by atoms with E-state index in [9.17, 15) is 9.59 Å². The molecule has 2 aliphatic carbocycles. The zero-order chi connectivity index (χ0) is 24.8. The van der Waals surface area contributed by atoms with Gasteiger partial charge in [-0.05, 0) is 62.6 Å². The molecule has 2 atom stereocenters. The highest BCUT2D eigenvalue weighted by Gasteiger charge is 2.41. The molecule has 192 valence electrons. The molecule has 7 heteroatoms. The summed E-state index contributed by atoms with van der Waals surface area (Å²) in [6, 6.07) is 5.48. The molecular formula is C28H42N4O3. The third kappa shape index (κ3) is 5.88. The second kappa shape index (κ2) is 11.5. The van der Waals surface area contributed by atoms with E-state index in [4.69, 9.17) is 9.72 Å². The number of hydrogen-bond donors (Lipinski definition) is 3. The average molecular weight is 483 g/mol. The largest absolute Gasteiger partial charge is 0.383 e. The average Bonchev–Trinajstić information content (AvgIpc) is 3.24. The number of carbonyl (C=O) groups excluding carboxylic acids is 2. The summed E-state index contributed by atoms with van der Waals surface area (Å²) in [5.74, 6) is 1.74. The van der Waals surface area contributed by atoms with Crippen LogP contribution in [0.1, 0.15) is 83.0 Å². The molecule has 2 aliphatic rings. The number of fused-ring (bicyclic) bond motifs is 1. The van der Waals surface area contributed by atoms with Gasteiger partial charge in [0.1, 0.15) is 11.9 Å². The summed E-state index contributed by atoms with van der Waals surface area (Å²) in [6.45, 7) is 4.55. The molecule has 1 heterocycles. The zero-order valence-corrected chi connectivity index (χ0v) is 21.6. The van der Waals surface area contributed by atoms with E-state index in [2.05, 4.69) is 15.6 Å². The molecule has 1 aromatic carbocycles. The first-order chi connectivity index (χ1) is 16.9. The number of hydrogen-bond acceptors (Lipinski definition) is 4. The van der Waals surface area contributed by atoms with Crippen LogP contribution in [0.2, 0.25) is 0 Å². The second-order valence-electron chi connectivity index (χ2n) is 10.8. The van der Waals surface area contributed by atoms with Gasteiger partial charge in [-0.3, -0.25) is 9.59 Å². The number of H-pyrrole nitrogens is 1. The Morgan fingerprint density at radius 3 is 2.60 bits per heavy atom. The molecule has 0 bridgehead atoms. The number of nitrogens with one attached hydrogen (secondary N) is 3. The summed E-state index contributed by atoms with van der Waals surface area (Å²) in [6.07, 6.45) is 11.9. The summed E-state index contributed by atoms with van der Waals surface area (Å²) in [5, 5.41) is 5.96. The minimum absolute atomic E-state index is 0.101. The number of aromatic nitrogens is 2. The predicted molar refractivity (Wildman–Crippen MR) is 138 cm³/mol. The highest BCUT2D eigenvalue weighted by atomic mass is 16.5. The maximum atomic E-state index is 13.6. The van der Waals surface area contributed by atoms with Crippen LogP contribution in [0, 0.1) is 11.8 Å². The van der Waals surface area contributed by atoms with E-state index in [0.29, 0.717) is 6.54 Å². The van der Waals surface area contributed by atoms with E-state index in [-0.39, 0.29) is 24.3 Å². The highest BCUT2D eigenvalue weighted by Crippen LogP contribution is 2.32. The Morgan fingerprint density at radius 1 is 1.17 bits per heavy atom. The number of carbonyl (C=O) groups is 2. The minimum Gasteiger partial charge on any atom is -0.383 e. The fourth-order valence-electron chi connectivity index (χ4n) is 5.66. The van der Waals surface area contributed by atoms with Crippen LogP contribution < -0.4 is 10.6 Å². The molecule has 2 aromatic rings. The first-order valence-corrected chi connectivity index (χ1v) is 13.5. The molecular weight excluding hydrogens is 440 g/mol. The van der Waals surface area contributed by atoms with Gasteiger partial charge in [0.25, 0.3) is 0 Å². The van der Waals surface area contributed by atoms with Crippen molar-refractivity contribution in [2.24, 2.45) is 11.8 Å². The van der Waals surface area contributed by atoms with E-state index in [1.165, 1.54) is 38.5 Å². The monoisotopic (exact) mass is 482 g/mol. The lowest BCUT2D eigenvalue weighted by Gasteiger charge is -2.36. The lowest BCUT2D eigenvalue weighted by molar-refractivity contribution is -0.135. The number of nitrogens with zero attached hydrogens (tertiary/aromatic N) is 1. The standard InChI is InChI=1S/C28H42N4O3/c1-4-29-26(33)25(20-11-8-12-20)32-27(34)28(2,18-35-3)21-14-15-22-23(17-21)31-24(30-22)16-13-19-9-6-5-7-10-19/h14-15,17,19-20,25H,4-13,16,18H2,1-3H3,(H,29,33)(H,30,31)(H,32,34). The molecule has 2 unspecified atom stereocenters. The molecule has 2 fully saturated rings.